The Labute approximate surface area is 122 Å². The molecule has 0 atom stereocenters. The Kier molecular flexibility index (Phi) is 3.49. The van der Waals surface area contributed by atoms with Crippen molar-refractivity contribution >= 4 is 35.0 Å². The molecular formula is C12H11N3O3S2. The Morgan fingerprint density at radius 3 is 3.10 bits per heavy atom. The average molecular weight is 309 g/mol. The molecule has 104 valence electrons. The highest BCUT2D eigenvalue weighted by Gasteiger charge is 2.28. The van der Waals surface area contributed by atoms with Gasteiger partial charge >= 0.3 is 5.97 Å². The first kappa shape index (κ1) is 13.2. The zero-order valence-corrected chi connectivity index (χ0v) is 11.9. The Hall–Kier alpha value is -1.80. The van der Waals surface area contributed by atoms with Gasteiger partial charge in [0.2, 0.25) is 0 Å². The number of aromatic nitrogens is 2. The molecule has 0 bridgehead atoms. The molecule has 0 saturated carbocycles. The van der Waals surface area contributed by atoms with Gasteiger partial charge in [-0.05, 0) is 18.1 Å². The Bertz CT molecular complexity index is 664. The second-order valence-electron chi connectivity index (χ2n) is 4.22. The fourth-order valence-corrected chi connectivity index (χ4v) is 4.45. The molecule has 2 aromatic heterocycles. The zero-order valence-electron chi connectivity index (χ0n) is 10.3. The third kappa shape index (κ3) is 2.32. The highest BCUT2D eigenvalue weighted by Crippen LogP contribution is 2.42. The molecule has 0 radical (unpaired) electrons. The van der Waals surface area contributed by atoms with Crippen LogP contribution in [0.2, 0.25) is 0 Å². The van der Waals surface area contributed by atoms with Crippen molar-refractivity contribution in [1.82, 2.24) is 15.5 Å². The minimum Gasteiger partial charge on any atom is -0.481 e. The summed E-state index contributed by atoms with van der Waals surface area (Å²) in [6.07, 6.45) is 2.47. The van der Waals surface area contributed by atoms with Crippen LogP contribution in [0.3, 0.4) is 0 Å². The molecule has 0 saturated heterocycles. The summed E-state index contributed by atoms with van der Waals surface area (Å²) in [7, 11) is 0. The maximum Gasteiger partial charge on any atom is 0.313 e. The number of hydrogen-bond donors (Lipinski definition) is 3. The quantitative estimate of drug-likeness (QED) is 0.746. The van der Waals surface area contributed by atoms with Crippen LogP contribution in [-0.2, 0) is 11.2 Å². The van der Waals surface area contributed by atoms with Gasteiger partial charge in [-0.3, -0.25) is 14.7 Å². The Morgan fingerprint density at radius 1 is 1.55 bits per heavy atom. The van der Waals surface area contributed by atoms with E-state index in [1.807, 2.05) is 6.07 Å². The minimum atomic E-state index is -0.894. The summed E-state index contributed by atoms with van der Waals surface area (Å²) in [5.41, 5.74) is 2.38. The monoisotopic (exact) mass is 309 g/mol. The predicted molar refractivity (Wildman–Crippen MR) is 76.3 cm³/mol. The van der Waals surface area contributed by atoms with E-state index in [2.05, 4.69) is 15.5 Å². The number of carbonyl (C=O) groups excluding carboxylic acids is 1. The highest BCUT2D eigenvalue weighted by atomic mass is 32.2. The van der Waals surface area contributed by atoms with Gasteiger partial charge in [-0.25, -0.2) is 0 Å². The minimum absolute atomic E-state index is 0.0553. The molecule has 8 heteroatoms. The number of thioether (sulfide) groups is 1. The normalized spacial score (nSPS) is 13.9. The fourth-order valence-electron chi connectivity index (χ4n) is 2.12. The average Bonchev–Trinajstić information content (AvgIpc) is 3.03. The number of H-pyrrole nitrogens is 1. The van der Waals surface area contributed by atoms with E-state index in [1.165, 1.54) is 23.1 Å². The second-order valence-corrected chi connectivity index (χ2v) is 6.48. The third-order valence-corrected chi connectivity index (χ3v) is 5.43. The molecule has 1 amide bonds. The van der Waals surface area contributed by atoms with Crippen LogP contribution in [0, 0.1) is 0 Å². The summed E-state index contributed by atoms with van der Waals surface area (Å²) in [4.78, 5) is 23.7. The molecule has 0 aliphatic carbocycles. The lowest BCUT2D eigenvalue weighted by molar-refractivity contribution is -0.133. The van der Waals surface area contributed by atoms with Crippen LogP contribution >= 0.6 is 23.1 Å². The van der Waals surface area contributed by atoms with E-state index in [0.717, 1.165) is 26.8 Å². The molecule has 20 heavy (non-hydrogen) atoms. The van der Waals surface area contributed by atoms with Gasteiger partial charge in [0.15, 0.2) is 0 Å². The number of thiophene rings is 1. The maximum atomic E-state index is 12.0. The van der Waals surface area contributed by atoms with Crippen molar-refractivity contribution in [3.05, 3.63) is 23.4 Å². The largest absolute Gasteiger partial charge is 0.481 e. The summed E-state index contributed by atoms with van der Waals surface area (Å²) in [5.74, 6) is -1.08. The van der Waals surface area contributed by atoms with Crippen LogP contribution in [0.25, 0.3) is 10.6 Å². The lowest BCUT2D eigenvalue weighted by Gasteiger charge is -2.14. The molecule has 3 N–H and O–H groups in total. The van der Waals surface area contributed by atoms with Gasteiger partial charge in [0.05, 0.1) is 20.4 Å². The van der Waals surface area contributed by atoms with Crippen LogP contribution in [-0.4, -0.2) is 39.5 Å². The number of nitrogens with zero attached hydrogens (tertiary/aromatic N) is 1. The first-order valence-electron chi connectivity index (χ1n) is 5.95. The van der Waals surface area contributed by atoms with Crippen molar-refractivity contribution in [1.29, 1.82) is 0 Å². The van der Waals surface area contributed by atoms with Gasteiger partial charge in [0.25, 0.3) is 5.91 Å². The van der Waals surface area contributed by atoms with Crippen molar-refractivity contribution in [3.8, 4) is 10.6 Å². The summed E-state index contributed by atoms with van der Waals surface area (Å²) in [6.45, 7) is 0.600. The first-order chi connectivity index (χ1) is 9.66. The fraction of sp³-hybridized carbons (Fsp3) is 0.250. The topological polar surface area (TPSA) is 95.1 Å². The standard InChI is InChI=1S/C12H11N3O3S2/c16-8(17)5-19-12-9-6(1-3-13-11(9)18)10(20-12)7-2-4-14-15-7/h2,4H,1,3,5H2,(H,13,18)(H,14,15)(H,16,17). The molecule has 6 nitrogen and oxygen atoms in total. The van der Waals surface area contributed by atoms with Crippen molar-refractivity contribution in [2.45, 2.75) is 10.6 Å². The Morgan fingerprint density at radius 2 is 2.40 bits per heavy atom. The maximum absolute atomic E-state index is 12.0. The number of rotatable bonds is 4. The van der Waals surface area contributed by atoms with Crippen molar-refractivity contribution in [2.75, 3.05) is 12.3 Å². The van der Waals surface area contributed by atoms with Gasteiger partial charge < -0.3 is 10.4 Å². The molecule has 1 aliphatic rings. The van der Waals surface area contributed by atoms with Crippen molar-refractivity contribution in [2.24, 2.45) is 0 Å². The van der Waals surface area contributed by atoms with Crippen molar-refractivity contribution < 1.29 is 14.7 Å². The number of aromatic amines is 1. The summed E-state index contributed by atoms with van der Waals surface area (Å²) < 4.78 is 0.748. The van der Waals surface area contributed by atoms with Crippen LogP contribution in [0.5, 0.6) is 0 Å². The van der Waals surface area contributed by atoms with Crippen LogP contribution in [0.1, 0.15) is 15.9 Å². The van der Waals surface area contributed by atoms with Gasteiger partial charge in [-0.15, -0.1) is 23.1 Å². The number of carboxylic acid groups (broad SMARTS) is 1. The van der Waals surface area contributed by atoms with E-state index in [1.54, 1.807) is 6.20 Å². The molecular weight excluding hydrogens is 298 g/mol. The number of nitrogens with one attached hydrogen (secondary N) is 2. The molecule has 2 aromatic rings. The molecule has 0 fully saturated rings. The molecule has 1 aliphatic heterocycles. The van der Waals surface area contributed by atoms with Gasteiger partial charge in [-0.1, -0.05) is 0 Å². The van der Waals surface area contributed by atoms with E-state index in [0.29, 0.717) is 12.1 Å². The molecule has 0 spiro atoms. The van der Waals surface area contributed by atoms with Gasteiger partial charge in [-0.2, -0.15) is 5.10 Å². The van der Waals surface area contributed by atoms with E-state index < -0.39 is 5.97 Å². The number of fused-ring (bicyclic) bond motifs is 1. The van der Waals surface area contributed by atoms with E-state index >= 15 is 0 Å². The number of carbonyl (C=O) groups is 2. The highest BCUT2D eigenvalue weighted by molar-refractivity contribution is 8.01. The zero-order chi connectivity index (χ0) is 14.1. The SMILES string of the molecule is O=C(O)CSc1sc(-c2cc[nH]n2)c2c1C(=O)NCC2. The Balaban J connectivity index is 2.06. The summed E-state index contributed by atoms with van der Waals surface area (Å²) in [6, 6.07) is 1.85. The number of hydrogen-bond acceptors (Lipinski definition) is 5. The molecule has 3 rings (SSSR count). The second kappa shape index (κ2) is 5.29. The van der Waals surface area contributed by atoms with Crippen molar-refractivity contribution in [3.63, 3.8) is 0 Å². The van der Waals surface area contributed by atoms with Gasteiger partial charge in [0, 0.05) is 12.7 Å². The first-order valence-corrected chi connectivity index (χ1v) is 7.75. The van der Waals surface area contributed by atoms with Crippen LogP contribution < -0.4 is 5.32 Å². The molecule has 3 heterocycles. The third-order valence-electron chi connectivity index (χ3n) is 2.92. The molecule has 0 unspecified atom stereocenters. The number of amides is 1. The summed E-state index contributed by atoms with van der Waals surface area (Å²) >= 11 is 2.62. The van der Waals surface area contributed by atoms with E-state index in [9.17, 15) is 9.59 Å². The van der Waals surface area contributed by atoms with Crippen LogP contribution in [0.15, 0.2) is 16.5 Å². The number of aliphatic carboxylic acids is 1. The number of carboxylic acids is 1. The molecule has 0 aromatic carbocycles. The smallest absolute Gasteiger partial charge is 0.313 e. The van der Waals surface area contributed by atoms with E-state index in [-0.39, 0.29) is 11.7 Å². The van der Waals surface area contributed by atoms with Gasteiger partial charge in [0.1, 0.15) is 5.69 Å². The lowest BCUT2D eigenvalue weighted by atomic mass is 10.0. The summed E-state index contributed by atoms with van der Waals surface area (Å²) in [5, 5.41) is 18.5. The lowest BCUT2D eigenvalue weighted by Crippen LogP contribution is -2.31. The van der Waals surface area contributed by atoms with E-state index in [4.69, 9.17) is 5.11 Å². The van der Waals surface area contributed by atoms with Crippen LogP contribution in [0.4, 0.5) is 0 Å². The predicted octanol–water partition coefficient (Wildman–Crippen LogP) is 1.60.